The van der Waals surface area contributed by atoms with Crippen molar-refractivity contribution in [3.8, 4) is 0 Å². The summed E-state index contributed by atoms with van der Waals surface area (Å²) >= 11 is 1.75. The maximum atomic E-state index is 5.68. The van der Waals surface area contributed by atoms with Crippen LogP contribution in [-0.4, -0.2) is 0 Å². The average molecular weight is 193 g/mol. The van der Waals surface area contributed by atoms with Gasteiger partial charge in [-0.25, -0.2) is 0 Å². The van der Waals surface area contributed by atoms with Crippen LogP contribution in [0, 0.1) is 0 Å². The van der Waals surface area contributed by atoms with Crippen LogP contribution in [0.3, 0.4) is 0 Å². The van der Waals surface area contributed by atoms with Gasteiger partial charge >= 0.3 is 0 Å². The number of rotatable bonds is 4. The summed E-state index contributed by atoms with van der Waals surface area (Å²) in [4.78, 5) is 0. The number of nitrogens with two attached hydrogens (primary N) is 1. The van der Waals surface area contributed by atoms with Gasteiger partial charge in [-0.2, -0.15) is 0 Å². The molecule has 2 N–H and O–H groups in total. The molecule has 1 aromatic rings. The minimum atomic E-state index is 0.932. The summed E-state index contributed by atoms with van der Waals surface area (Å²) in [5.41, 5.74) is 7.98. The van der Waals surface area contributed by atoms with E-state index in [0.29, 0.717) is 0 Å². The molecule has 0 aromatic heterocycles. The topological polar surface area (TPSA) is 26.0 Å². The molecular weight excluding hydrogens is 178 g/mol. The van der Waals surface area contributed by atoms with Gasteiger partial charge in [0.05, 0.1) is 0 Å². The molecule has 0 bridgehead atoms. The molecule has 2 heteroatoms. The van der Waals surface area contributed by atoms with E-state index in [1.165, 1.54) is 5.56 Å². The quantitative estimate of drug-likeness (QED) is 0.795. The predicted molar refractivity (Wildman–Crippen MR) is 60.3 cm³/mol. The van der Waals surface area contributed by atoms with Crippen molar-refractivity contribution in [2.45, 2.75) is 19.1 Å². The van der Waals surface area contributed by atoms with Gasteiger partial charge in [0.2, 0.25) is 0 Å². The molecule has 0 saturated heterocycles. The Balaban J connectivity index is 2.36. The highest BCUT2D eigenvalue weighted by Crippen LogP contribution is 2.14. The Bertz CT molecular complexity index is 267. The van der Waals surface area contributed by atoms with E-state index in [1.807, 2.05) is 11.5 Å². The van der Waals surface area contributed by atoms with E-state index in [4.69, 9.17) is 5.73 Å². The van der Waals surface area contributed by atoms with Crippen LogP contribution < -0.4 is 5.73 Å². The molecule has 70 valence electrons. The van der Waals surface area contributed by atoms with Gasteiger partial charge in [-0.15, -0.1) is 11.8 Å². The first-order valence-electron chi connectivity index (χ1n) is 4.43. The molecule has 0 saturated carbocycles. The lowest BCUT2D eigenvalue weighted by Gasteiger charge is -1.98. The Morgan fingerprint density at radius 1 is 1.38 bits per heavy atom. The van der Waals surface area contributed by atoms with E-state index in [0.717, 1.165) is 17.9 Å². The van der Waals surface area contributed by atoms with E-state index in [1.54, 1.807) is 11.8 Å². The first-order valence-corrected chi connectivity index (χ1v) is 5.48. The van der Waals surface area contributed by atoms with E-state index >= 15 is 0 Å². The number of benzene rings is 1. The molecule has 0 aliphatic rings. The maximum absolute atomic E-state index is 5.68. The second-order valence-electron chi connectivity index (χ2n) is 2.84. The number of hydrogen-bond acceptors (Lipinski definition) is 2. The Kier molecular flexibility index (Phi) is 4.47. The van der Waals surface area contributed by atoms with Crippen LogP contribution in [0.2, 0.25) is 0 Å². The van der Waals surface area contributed by atoms with Gasteiger partial charge in [-0.1, -0.05) is 37.3 Å². The van der Waals surface area contributed by atoms with Gasteiger partial charge in [0, 0.05) is 11.4 Å². The Morgan fingerprint density at radius 3 is 2.69 bits per heavy atom. The van der Waals surface area contributed by atoms with Crippen LogP contribution in [0.25, 0.3) is 0 Å². The molecule has 0 fully saturated rings. The van der Waals surface area contributed by atoms with E-state index in [9.17, 15) is 0 Å². The lowest BCUT2D eigenvalue weighted by atomic mass is 10.2. The summed E-state index contributed by atoms with van der Waals surface area (Å²) in [5.74, 6) is 1.00. The molecule has 0 heterocycles. The first-order chi connectivity index (χ1) is 6.33. The summed E-state index contributed by atoms with van der Waals surface area (Å²) < 4.78 is 0. The molecule has 1 rings (SSSR count). The SMILES string of the molecule is CC/C(N)=C/SCc1ccccc1. The minimum absolute atomic E-state index is 0.932. The maximum Gasteiger partial charge on any atom is 0.0226 e. The van der Waals surface area contributed by atoms with Crippen molar-refractivity contribution in [1.82, 2.24) is 0 Å². The summed E-state index contributed by atoms with van der Waals surface area (Å²) in [6.45, 7) is 2.06. The fraction of sp³-hybridized carbons (Fsp3) is 0.273. The molecule has 0 spiro atoms. The number of allylic oxidation sites excluding steroid dienone is 1. The zero-order valence-corrected chi connectivity index (χ0v) is 8.68. The summed E-state index contributed by atoms with van der Waals surface area (Å²) in [6.07, 6.45) is 0.932. The standard InChI is InChI=1S/C11H15NS/c1-2-11(12)9-13-8-10-6-4-3-5-7-10/h3-7,9H,2,8,12H2,1H3/b11-9-. The fourth-order valence-corrected chi connectivity index (χ4v) is 1.75. The molecular formula is C11H15NS. The fourth-order valence-electron chi connectivity index (χ4n) is 0.902. The van der Waals surface area contributed by atoms with Crippen LogP contribution in [0.5, 0.6) is 0 Å². The third-order valence-electron chi connectivity index (χ3n) is 1.74. The second-order valence-corrected chi connectivity index (χ2v) is 3.70. The van der Waals surface area contributed by atoms with Crippen molar-refractivity contribution < 1.29 is 0 Å². The highest BCUT2D eigenvalue weighted by molar-refractivity contribution is 8.01. The normalized spacial score (nSPS) is 11.6. The molecule has 1 nitrogen and oxygen atoms in total. The molecule has 0 aliphatic heterocycles. The first kappa shape index (κ1) is 10.2. The molecule has 0 radical (unpaired) electrons. The number of hydrogen-bond donors (Lipinski definition) is 1. The van der Waals surface area contributed by atoms with Crippen LogP contribution in [0.1, 0.15) is 18.9 Å². The lowest BCUT2D eigenvalue weighted by molar-refractivity contribution is 1.08. The molecule has 13 heavy (non-hydrogen) atoms. The Morgan fingerprint density at radius 2 is 2.08 bits per heavy atom. The zero-order valence-electron chi connectivity index (χ0n) is 7.86. The van der Waals surface area contributed by atoms with Gasteiger partial charge in [-0.05, 0) is 17.4 Å². The third-order valence-corrected chi connectivity index (χ3v) is 2.71. The van der Waals surface area contributed by atoms with Gasteiger partial charge in [0.1, 0.15) is 0 Å². The minimum Gasteiger partial charge on any atom is -0.402 e. The van der Waals surface area contributed by atoms with Crippen molar-refractivity contribution in [3.63, 3.8) is 0 Å². The van der Waals surface area contributed by atoms with Crippen LogP contribution in [0.15, 0.2) is 41.4 Å². The van der Waals surface area contributed by atoms with E-state index in [2.05, 4.69) is 31.2 Å². The van der Waals surface area contributed by atoms with Gasteiger partial charge < -0.3 is 5.73 Å². The van der Waals surface area contributed by atoms with Gasteiger partial charge in [0.15, 0.2) is 0 Å². The van der Waals surface area contributed by atoms with E-state index < -0.39 is 0 Å². The van der Waals surface area contributed by atoms with E-state index in [-0.39, 0.29) is 0 Å². The summed E-state index contributed by atoms with van der Waals surface area (Å²) in [6, 6.07) is 10.4. The van der Waals surface area contributed by atoms with Crippen LogP contribution in [0.4, 0.5) is 0 Å². The van der Waals surface area contributed by atoms with Gasteiger partial charge in [-0.3, -0.25) is 0 Å². The van der Waals surface area contributed by atoms with Crippen molar-refractivity contribution >= 4 is 11.8 Å². The highest BCUT2D eigenvalue weighted by atomic mass is 32.2. The Labute approximate surface area is 84.0 Å². The van der Waals surface area contributed by atoms with Crippen molar-refractivity contribution in [1.29, 1.82) is 0 Å². The molecule has 0 aliphatic carbocycles. The number of thioether (sulfide) groups is 1. The second kappa shape index (κ2) is 5.70. The predicted octanol–water partition coefficient (Wildman–Crippen LogP) is 3.13. The molecule has 0 amide bonds. The van der Waals surface area contributed by atoms with Gasteiger partial charge in [0.25, 0.3) is 0 Å². The average Bonchev–Trinajstić information content (AvgIpc) is 2.19. The monoisotopic (exact) mass is 193 g/mol. The molecule has 0 atom stereocenters. The molecule has 1 aromatic carbocycles. The largest absolute Gasteiger partial charge is 0.402 e. The van der Waals surface area contributed by atoms with Crippen LogP contribution in [-0.2, 0) is 5.75 Å². The molecule has 0 unspecified atom stereocenters. The third kappa shape index (κ3) is 4.04. The smallest absolute Gasteiger partial charge is 0.0226 e. The Hall–Kier alpha value is -0.890. The van der Waals surface area contributed by atoms with Crippen molar-refractivity contribution in [2.75, 3.05) is 0 Å². The van der Waals surface area contributed by atoms with Crippen LogP contribution >= 0.6 is 11.8 Å². The summed E-state index contributed by atoms with van der Waals surface area (Å²) in [5, 5.41) is 2.03. The van der Waals surface area contributed by atoms with Crippen molar-refractivity contribution in [3.05, 3.63) is 47.0 Å². The highest BCUT2D eigenvalue weighted by Gasteiger charge is 1.89. The summed E-state index contributed by atoms with van der Waals surface area (Å²) in [7, 11) is 0. The lowest BCUT2D eigenvalue weighted by Crippen LogP contribution is -1.92. The zero-order chi connectivity index (χ0) is 9.52. The van der Waals surface area contributed by atoms with Crippen molar-refractivity contribution in [2.24, 2.45) is 5.73 Å².